The summed E-state index contributed by atoms with van der Waals surface area (Å²) < 4.78 is 10.7. The molecule has 4 nitrogen and oxygen atoms in total. The number of aliphatic hydroxyl groups is 1. The molecule has 0 heterocycles. The van der Waals surface area contributed by atoms with Gasteiger partial charge in [-0.05, 0) is 54.3 Å². The van der Waals surface area contributed by atoms with Gasteiger partial charge in [0.05, 0.1) is 19.3 Å². The Hall–Kier alpha value is -2.59. The van der Waals surface area contributed by atoms with Crippen LogP contribution in [-0.4, -0.2) is 24.8 Å². The van der Waals surface area contributed by atoms with E-state index >= 15 is 0 Å². The normalized spacial score (nSPS) is 11.2. The Morgan fingerprint density at radius 3 is 2.54 bits per heavy atom. The van der Waals surface area contributed by atoms with Crippen LogP contribution in [0.15, 0.2) is 48.5 Å². The molecular formula is C20H22O4. The summed E-state index contributed by atoms with van der Waals surface area (Å²) in [6.07, 6.45) is 1.44. The number of aliphatic hydroxyl groups excluding tert-OH is 1. The average molecular weight is 326 g/mol. The molecule has 0 aliphatic carbocycles. The fourth-order valence-electron chi connectivity index (χ4n) is 2.42. The molecule has 24 heavy (non-hydrogen) atoms. The van der Waals surface area contributed by atoms with Crippen LogP contribution < -0.4 is 4.74 Å². The van der Waals surface area contributed by atoms with Gasteiger partial charge >= 0.3 is 5.97 Å². The maximum atomic E-state index is 11.9. The van der Waals surface area contributed by atoms with Crippen molar-refractivity contribution in [1.29, 1.82) is 0 Å². The lowest BCUT2D eigenvalue weighted by molar-refractivity contribution is -0.133. The Morgan fingerprint density at radius 2 is 1.88 bits per heavy atom. The Morgan fingerprint density at radius 1 is 1.12 bits per heavy atom. The van der Waals surface area contributed by atoms with Crippen LogP contribution >= 0.6 is 0 Å². The van der Waals surface area contributed by atoms with Gasteiger partial charge in [-0.3, -0.25) is 0 Å². The highest BCUT2D eigenvalue weighted by atomic mass is 16.5. The quantitative estimate of drug-likeness (QED) is 0.653. The molecule has 4 heteroatoms. The van der Waals surface area contributed by atoms with E-state index in [0.29, 0.717) is 23.5 Å². The first kappa shape index (κ1) is 17.8. The van der Waals surface area contributed by atoms with E-state index in [0.717, 1.165) is 11.1 Å². The lowest BCUT2D eigenvalue weighted by Gasteiger charge is -2.13. The number of hydrogen-bond acceptors (Lipinski definition) is 4. The summed E-state index contributed by atoms with van der Waals surface area (Å²) in [6.45, 7) is 4.15. The number of benzene rings is 2. The minimum Gasteiger partial charge on any atom is -0.489 e. The van der Waals surface area contributed by atoms with Crippen LogP contribution in [0.5, 0.6) is 5.75 Å². The fraction of sp³-hybridized carbons (Fsp3) is 0.250. The van der Waals surface area contributed by atoms with Gasteiger partial charge < -0.3 is 14.6 Å². The highest BCUT2D eigenvalue weighted by Crippen LogP contribution is 2.26. The van der Waals surface area contributed by atoms with Gasteiger partial charge in [0.1, 0.15) is 12.4 Å². The molecule has 0 unspecified atom stereocenters. The van der Waals surface area contributed by atoms with Crippen LogP contribution in [0.4, 0.5) is 0 Å². The minimum atomic E-state index is -0.483. The minimum absolute atomic E-state index is 0.238. The summed E-state index contributed by atoms with van der Waals surface area (Å²) in [5.41, 5.74) is 4.21. The highest BCUT2D eigenvalue weighted by Gasteiger charge is 2.15. The van der Waals surface area contributed by atoms with E-state index in [2.05, 4.69) is 0 Å². The Balaban J connectivity index is 2.26. The third-order valence-electron chi connectivity index (χ3n) is 3.86. The van der Waals surface area contributed by atoms with Crippen molar-refractivity contribution in [2.75, 3.05) is 13.7 Å². The van der Waals surface area contributed by atoms with Gasteiger partial charge in [-0.2, -0.15) is 0 Å². The molecule has 0 radical (unpaired) electrons. The monoisotopic (exact) mass is 326 g/mol. The molecule has 0 spiro atoms. The third-order valence-corrected chi connectivity index (χ3v) is 3.86. The molecule has 126 valence electrons. The van der Waals surface area contributed by atoms with E-state index in [1.807, 2.05) is 50.2 Å². The first-order chi connectivity index (χ1) is 11.6. The second kappa shape index (κ2) is 8.31. The molecule has 2 aromatic carbocycles. The van der Waals surface area contributed by atoms with Crippen LogP contribution in [0, 0.1) is 13.8 Å². The summed E-state index contributed by atoms with van der Waals surface area (Å²) >= 11 is 0. The van der Waals surface area contributed by atoms with E-state index in [1.165, 1.54) is 18.7 Å². The van der Waals surface area contributed by atoms with E-state index in [1.54, 1.807) is 6.07 Å². The molecule has 0 saturated carbocycles. The van der Waals surface area contributed by atoms with Crippen molar-refractivity contribution in [2.45, 2.75) is 20.5 Å². The zero-order valence-corrected chi connectivity index (χ0v) is 14.2. The predicted octanol–water partition coefficient (Wildman–Crippen LogP) is 3.43. The van der Waals surface area contributed by atoms with E-state index < -0.39 is 5.97 Å². The van der Waals surface area contributed by atoms with E-state index in [9.17, 15) is 4.79 Å². The van der Waals surface area contributed by atoms with Crippen LogP contribution in [0.1, 0.15) is 22.3 Å². The largest absolute Gasteiger partial charge is 0.489 e. The van der Waals surface area contributed by atoms with Crippen molar-refractivity contribution in [1.82, 2.24) is 0 Å². The lowest BCUT2D eigenvalue weighted by Crippen LogP contribution is -2.07. The standard InChI is InChI=1S/C20H22O4/c1-14-6-4-5-7-16(14)13-24-17-9-8-15(2)19(12-17)18(10-11-21)20(22)23-3/h4-10,12,21H,11,13H2,1-3H3/b18-10+. The smallest absolute Gasteiger partial charge is 0.338 e. The van der Waals surface area contributed by atoms with Crippen molar-refractivity contribution < 1.29 is 19.4 Å². The molecule has 2 rings (SSSR count). The third kappa shape index (κ3) is 4.24. The van der Waals surface area contributed by atoms with Crippen LogP contribution in [0.25, 0.3) is 5.57 Å². The predicted molar refractivity (Wildman–Crippen MR) is 93.8 cm³/mol. The maximum absolute atomic E-state index is 11.9. The summed E-state index contributed by atoms with van der Waals surface area (Å²) in [7, 11) is 1.32. The molecule has 0 aliphatic heterocycles. The Bertz CT molecular complexity index is 747. The van der Waals surface area contributed by atoms with Crippen molar-refractivity contribution in [2.24, 2.45) is 0 Å². The van der Waals surface area contributed by atoms with Gasteiger partial charge in [-0.1, -0.05) is 30.3 Å². The maximum Gasteiger partial charge on any atom is 0.338 e. The molecule has 0 saturated heterocycles. The first-order valence-electron chi connectivity index (χ1n) is 7.74. The summed E-state index contributed by atoms with van der Waals surface area (Å²) in [6, 6.07) is 13.6. The molecule has 0 atom stereocenters. The van der Waals surface area contributed by atoms with Crippen molar-refractivity contribution in [3.05, 3.63) is 70.8 Å². The molecule has 0 amide bonds. The number of methoxy groups -OCH3 is 1. The molecule has 2 aromatic rings. The van der Waals surface area contributed by atoms with Crippen LogP contribution in [0.2, 0.25) is 0 Å². The molecule has 0 fully saturated rings. The average Bonchev–Trinajstić information content (AvgIpc) is 2.60. The Labute approximate surface area is 142 Å². The highest BCUT2D eigenvalue weighted by molar-refractivity contribution is 6.16. The molecule has 1 N–H and O–H groups in total. The second-order valence-corrected chi connectivity index (χ2v) is 5.48. The molecule has 0 aromatic heterocycles. The van der Waals surface area contributed by atoms with Gasteiger partial charge in [-0.25, -0.2) is 4.79 Å². The topological polar surface area (TPSA) is 55.8 Å². The number of ether oxygens (including phenoxy) is 2. The van der Waals surface area contributed by atoms with Crippen molar-refractivity contribution >= 4 is 11.5 Å². The summed E-state index contributed by atoms with van der Waals surface area (Å²) in [4.78, 5) is 11.9. The summed E-state index contributed by atoms with van der Waals surface area (Å²) in [5.74, 6) is 0.176. The number of carbonyl (C=O) groups is 1. The summed E-state index contributed by atoms with van der Waals surface area (Å²) in [5, 5.41) is 9.17. The number of esters is 1. The first-order valence-corrected chi connectivity index (χ1v) is 7.74. The SMILES string of the molecule is COC(=O)/C(=C/CO)c1cc(OCc2ccccc2C)ccc1C. The van der Waals surface area contributed by atoms with Crippen molar-refractivity contribution in [3.63, 3.8) is 0 Å². The molecule has 0 bridgehead atoms. The van der Waals surface area contributed by atoms with Gasteiger partial charge in [0.15, 0.2) is 0 Å². The number of rotatable bonds is 6. The number of hydrogen-bond donors (Lipinski definition) is 1. The second-order valence-electron chi connectivity index (χ2n) is 5.48. The number of aryl methyl sites for hydroxylation is 2. The lowest BCUT2D eigenvalue weighted by atomic mass is 10.00. The van der Waals surface area contributed by atoms with E-state index in [-0.39, 0.29) is 6.61 Å². The zero-order valence-electron chi connectivity index (χ0n) is 14.2. The van der Waals surface area contributed by atoms with Crippen LogP contribution in [0.3, 0.4) is 0 Å². The van der Waals surface area contributed by atoms with Crippen molar-refractivity contribution in [3.8, 4) is 5.75 Å². The van der Waals surface area contributed by atoms with Gasteiger partial charge in [-0.15, -0.1) is 0 Å². The Kier molecular flexibility index (Phi) is 6.15. The molecular weight excluding hydrogens is 304 g/mol. The van der Waals surface area contributed by atoms with Gasteiger partial charge in [0.2, 0.25) is 0 Å². The fourth-order valence-corrected chi connectivity index (χ4v) is 2.42. The molecule has 0 aliphatic rings. The van der Waals surface area contributed by atoms with Crippen LogP contribution in [-0.2, 0) is 16.1 Å². The van der Waals surface area contributed by atoms with Gasteiger partial charge in [0, 0.05) is 0 Å². The number of carbonyl (C=O) groups excluding carboxylic acids is 1. The zero-order chi connectivity index (χ0) is 17.5. The van der Waals surface area contributed by atoms with Gasteiger partial charge in [0.25, 0.3) is 0 Å². The van der Waals surface area contributed by atoms with E-state index in [4.69, 9.17) is 14.6 Å².